The normalized spacial score (nSPS) is 13.2. The van der Waals surface area contributed by atoms with Crippen LogP contribution in [0.5, 0.6) is 0 Å². The molecule has 1 aromatic heterocycles. The van der Waals surface area contributed by atoms with Gasteiger partial charge in [0.15, 0.2) is 0 Å². The zero-order valence-electron chi connectivity index (χ0n) is 16.5. The molecule has 0 unspecified atom stereocenters. The van der Waals surface area contributed by atoms with Gasteiger partial charge in [0.25, 0.3) is 5.91 Å². The Hall–Kier alpha value is -3.20. The Kier molecular flexibility index (Phi) is 5.19. The van der Waals surface area contributed by atoms with E-state index in [1.807, 2.05) is 71.4 Å². The van der Waals surface area contributed by atoms with E-state index in [2.05, 4.69) is 38.3 Å². The number of benzene rings is 3. The van der Waals surface area contributed by atoms with Crippen LogP contribution >= 0.6 is 22.6 Å². The van der Waals surface area contributed by atoms with Gasteiger partial charge in [-0.2, -0.15) is 5.10 Å². The highest BCUT2D eigenvalue weighted by Gasteiger charge is 2.29. The lowest BCUT2D eigenvalue weighted by Crippen LogP contribution is -2.13. The second kappa shape index (κ2) is 8.14. The number of halogens is 1. The van der Waals surface area contributed by atoms with Crippen molar-refractivity contribution in [3.8, 4) is 5.69 Å². The molecule has 5 rings (SSSR count). The topological polar surface area (TPSA) is 76.0 Å². The van der Waals surface area contributed by atoms with Crippen LogP contribution in [0.1, 0.15) is 23.2 Å². The maximum absolute atomic E-state index is 12.5. The molecule has 0 atom stereocenters. The number of hydrogen-bond donors (Lipinski definition) is 2. The predicted octanol–water partition coefficient (Wildman–Crippen LogP) is 5.23. The summed E-state index contributed by atoms with van der Waals surface area (Å²) in [5.41, 5.74) is 3.95. The SMILES string of the molecule is O=C(Nc1ccc2c(cnn2-c2ccc(NC(=O)C3CC3)cc2)c1)c1ccc(I)cc1. The first-order valence-electron chi connectivity index (χ1n) is 10.0. The zero-order chi connectivity index (χ0) is 21.4. The number of carbonyl (C=O) groups is 2. The fraction of sp³-hybridized carbons (Fsp3) is 0.125. The highest BCUT2D eigenvalue weighted by Crippen LogP contribution is 2.30. The van der Waals surface area contributed by atoms with Crippen molar-refractivity contribution >= 4 is 56.7 Å². The summed E-state index contributed by atoms with van der Waals surface area (Å²) in [6.07, 6.45) is 3.74. The number of carbonyl (C=O) groups excluding carboxylic acids is 2. The maximum atomic E-state index is 12.5. The Bertz CT molecular complexity index is 1280. The molecule has 1 heterocycles. The standard InChI is InChI=1S/C24H19IN4O2/c25-18-5-3-16(4-6-18)24(31)28-20-9-12-22-17(13-20)14-26-29(22)21-10-7-19(8-11-21)27-23(30)15-1-2-15/h3-15H,1-2H2,(H,27,30)(H,28,31). The second-order valence-electron chi connectivity index (χ2n) is 7.60. The van der Waals surface area contributed by atoms with Crippen LogP contribution in [0.25, 0.3) is 16.6 Å². The van der Waals surface area contributed by atoms with E-state index in [0.717, 1.165) is 38.7 Å². The molecule has 0 aliphatic heterocycles. The largest absolute Gasteiger partial charge is 0.326 e. The summed E-state index contributed by atoms with van der Waals surface area (Å²) in [7, 11) is 0. The van der Waals surface area contributed by atoms with Crippen LogP contribution in [0.2, 0.25) is 0 Å². The molecule has 7 heteroatoms. The van der Waals surface area contributed by atoms with Crippen molar-refractivity contribution in [1.29, 1.82) is 0 Å². The number of nitrogens with zero attached hydrogens (tertiary/aromatic N) is 2. The lowest BCUT2D eigenvalue weighted by molar-refractivity contribution is -0.117. The summed E-state index contributed by atoms with van der Waals surface area (Å²) >= 11 is 2.21. The van der Waals surface area contributed by atoms with Crippen molar-refractivity contribution in [2.75, 3.05) is 10.6 Å². The van der Waals surface area contributed by atoms with Crippen LogP contribution in [0, 0.1) is 9.49 Å². The summed E-state index contributed by atoms with van der Waals surface area (Å²) in [5, 5.41) is 11.3. The zero-order valence-corrected chi connectivity index (χ0v) is 18.7. The smallest absolute Gasteiger partial charge is 0.255 e. The molecular weight excluding hydrogens is 503 g/mol. The second-order valence-corrected chi connectivity index (χ2v) is 8.85. The molecule has 1 saturated carbocycles. The van der Waals surface area contributed by atoms with E-state index in [-0.39, 0.29) is 17.7 Å². The molecule has 0 saturated heterocycles. The van der Waals surface area contributed by atoms with Crippen LogP contribution < -0.4 is 10.6 Å². The minimum Gasteiger partial charge on any atom is -0.326 e. The van der Waals surface area contributed by atoms with E-state index in [1.54, 1.807) is 6.20 Å². The molecule has 31 heavy (non-hydrogen) atoms. The van der Waals surface area contributed by atoms with Gasteiger partial charge in [0, 0.05) is 31.8 Å². The minimum absolute atomic E-state index is 0.0945. The molecule has 4 aromatic rings. The summed E-state index contributed by atoms with van der Waals surface area (Å²) in [6, 6.07) is 20.8. The van der Waals surface area contributed by atoms with Crippen molar-refractivity contribution in [3.63, 3.8) is 0 Å². The highest BCUT2D eigenvalue weighted by atomic mass is 127. The first-order chi connectivity index (χ1) is 15.1. The molecule has 0 bridgehead atoms. The maximum Gasteiger partial charge on any atom is 0.255 e. The molecule has 154 valence electrons. The molecule has 2 N–H and O–H groups in total. The number of aromatic nitrogens is 2. The molecule has 0 radical (unpaired) electrons. The minimum atomic E-state index is -0.146. The molecule has 3 aromatic carbocycles. The third-order valence-corrected chi connectivity index (χ3v) is 5.98. The summed E-state index contributed by atoms with van der Waals surface area (Å²) in [5.74, 6) is 0.124. The van der Waals surface area contributed by atoms with E-state index in [4.69, 9.17) is 0 Å². The Morgan fingerprint density at radius 2 is 1.61 bits per heavy atom. The fourth-order valence-electron chi connectivity index (χ4n) is 3.40. The molecule has 1 aliphatic rings. The van der Waals surface area contributed by atoms with Gasteiger partial charge in [0.05, 0.1) is 17.4 Å². The van der Waals surface area contributed by atoms with Crippen molar-refractivity contribution in [2.24, 2.45) is 5.92 Å². The van der Waals surface area contributed by atoms with Crippen LogP contribution in [-0.2, 0) is 4.79 Å². The molecule has 6 nitrogen and oxygen atoms in total. The van der Waals surface area contributed by atoms with Gasteiger partial charge in [-0.05, 0) is 102 Å². The van der Waals surface area contributed by atoms with Crippen LogP contribution in [0.4, 0.5) is 11.4 Å². The van der Waals surface area contributed by atoms with E-state index in [0.29, 0.717) is 11.3 Å². The highest BCUT2D eigenvalue weighted by molar-refractivity contribution is 14.1. The van der Waals surface area contributed by atoms with E-state index < -0.39 is 0 Å². The number of hydrogen-bond acceptors (Lipinski definition) is 3. The monoisotopic (exact) mass is 522 g/mol. The summed E-state index contributed by atoms with van der Waals surface area (Å²) < 4.78 is 2.92. The Labute approximate surface area is 192 Å². The number of fused-ring (bicyclic) bond motifs is 1. The van der Waals surface area contributed by atoms with E-state index in [9.17, 15) is 9.59 Å². The first kappa shape index (κ1) is 19.7. The summed E-state index contributed by atoms with van der Waals surface area (Å²) in [4.78, 5) is 24.4. The van der Waals surface area contributed by atoms with Gasteiger partial charge < -0.3 is 10.6 Å². The van der Waals surface area contributed by atoms with Crippen LogP contribution in [0.3, 0.4) is 0 Å². The Morgan fingerprint density at radius 3 is 2.32 bits per heavy atom. The van der Waals surface area contributed by atoms with E-state index in [1.165, 1.54) is 0 Å². The number of anilines is 2. The predicted molar refractivity (Wildman–Crippen MR) is 130 cm³/mol. The first-order valence-corrected chi connectivity index (χ1v) is 11.1. The van der Waals surface area contributed by atoms with Gasteiger partial charge in [-0.25, -0.2) is 4.68 Å². The average Bonchev–Trinajstić information content (AvgIpc) is 3.55. The van der Waals surface area contributed by atoms with E-state index >= 15 is 0 Å². The Balaban J connectivity index is 1.33. The molecule has 0 spiro atoms. The number of nitrogens with one attached hydrogen (secondary N) is 2. The average molecular weight is 522 g/mol. The molecule has 1 aliphatic carbocycles. The molecular formula is C24H19IN4O2. The lowest BCUT2D eigenvalue weighted by Gasteiger charge is -2.08. The molecule has 2 amide bonds. The Morgan fingerprint density at radius 1 is 0.903 bits per heavy atom. The van der Waals surface area contributed by atoms with Crippen LogP contribution in [-0.4, -0.2) is 21.6 Å². The third-order valence-electron chi connectivity index (χ3n) is 5.26. The van der Waals surface area contributed by atoms with Crippen molar-refractivity contribution < 1.29 is 9.59 Å². The van der Waals surface area contributed by atoms with Gasteiger partial charge >= 0.3 is 0 Å². The van der Waals surface area contributed by atoms with Crippen molar-refractivity contribution in [2.45, 2.75) is 12.8 Å². The number of amides is 2. The number of rotatable bonds is 5. The van der Waals surface area contributed by atoms with Crippen molar-refractivity contribution in [3.05, 3.63) is 82.1 Å². The van der Waals surface area contributed by atoms with Crippen molar-refractivity contribution in [1.82, 2.24) is 9.78 Å². The summed E-state index contributed by atoms with van der Waals surface area (Å²) in [6.45, 7) is 0. The molecule has 1 fully saturated rings. The van der Waals surface area contributed by atoms with Gasteiger partial charge in [-0.15, -0.1) is 0 Å². The third kappa shape index (κ3) is 4.32. The van der Waals surface area contributed by atoms with Gasteiger partial charge in [-0.3, -0.25) is 9.59 Å². The fourth-order valence-corrected chi connectivity index (χ4v) is 3.76. The van der Waals surface area contributed by atoms with Crippen LogP contribution in [0.15, 0.2) is 72.9 Å². The van der Waals surface area contributed by atoms with Gasteiger partial charge in [0.1, 0.15) is 0 Å². The quantitative estimate of drug-likeness (QED) is 0.353. The van der Waals surface area contributed by atoms with Gasteiger partial charge in [-0.1, -0.05) is 0 Å². The van der Waals surface area contributed by atoms with Gasteiger partial charge in [0.2, 0.25) is 5.91 Å². The lowest BCUT2D eigenvalue weighted by atomic mass is 10.2.